The zero-order chi connectivity index (χ0) is 25.0. The van der Waals surface area contributed by atoms with Crippen LogP contribution in [-0.2, 0) is 6.42 Å². The Kier molecular flexibility index (Phi) is 7.39. The number of rotatable bonds is 8. The van der Waals surface area contributed by atoms with Gasteiger partial charge in [-0.05, 0) is 47.4 Å². The molecule has 1 aromatic heterocycles. The van der Waals surface area contributed by atoms with E-state index >= 15 is 0 Å². The summed E-state index contributed by atoms with van der Waals surface area (Å²) in [6.45, 7) is 12.2. The maximum Gasteiger partial charge on any atom is 0.439 e. The van der Waals surface area contributed by atoms with Crippen LogP contribution >= 0.6 is 0 Å². The Hall–Kier alpha value is -3.41. The van der Waals surface area contributed by atoms with Gasteiger partial charge in [-0.1, -0.05) is 87.8 Å². The Labute approximate surface area is 207 Å². The third kappa shape index (κ3) is 6.18. The maximum absolute atomic E-state index is 11.5. The minimum atomic E-state index is -0.554. The summed E-state index contributed by atoms with van der Waals surface area (Å²) in [4.78, 5) is 21.6. The zero-order valence-corrected chi connectivity index (χ0v) is 21.5. The Balaban J connectivity index is 1.59. The van der Waals surface area contributed by atoms with Gasteiger partial charge in [0.05, 0.1) is 0 Å². The van der Waals surface area contributed by atoms with Crippen molar-refractivity contribution < 1.29 is 4.52 Å². The second-order valence-electron chi connectivity index (χ2n) is 10.6. The van der Waals surface area contributed by atoms with E-state index in [1.54, 1.807) is 0 Å². The predicted octanol–water partition coefficient (Wildman–Crippen LogP) is 6.46. The van der Waals surface area contributed by atoms with Crippen molar-refractivity contribution in [3.05, 3.63) is 76.4 Å². The minimum Gasteiger partial charge on any atom is -0.355 e. The number of nitrogens with one attached hydrogen (secondary N) is 1. The summed E-state index contributed by atoms with van der Waals surface area (Å²) < 4.78 is 4.72. The summed E-state index contributed by atoms with van der Waals surface area (Å²) in [7, 11) is 0. The molecule has 0 saturated heterocycles. The Morgan fingerprint density at radius 1 is 1.06 bits per heavy atom. The fraction of sp³-hybridized carbons (Fsp3) is 0.414. The van der Waals surface area contributed by atoms with E-state index in [9.17, 15) is 4.79 Å². The van der Waals surface area contributed by atoms with Crippen LogP contribution in [0.5, 0.6) is 0 Å². The fourth-order valence-corrected chi connectivity index (χ4v) is 4.52. The average molecular weight is 473 g/mol. The van der Waals surface area contributed by atoms with Gasteiger partial charge in [-0.25, -0.2) is 4.79 Å². The van der Waals surface area contributed by atoms with Crippen LogP contribution in [0, 0.1) is 5.41 Å². The number of unbranched alkanes of at least 4 members (excludes halogenated alkanes) is 1. The third-order valence-corrected chi connectivity index (χ3v) is 6.22. The van der Waals surface area contributed by atoms with E-state index in [1.165, 1.54) is 16.8 Å². The summed E-state index contributed by atoms with van der Waals surface area (Å²) in [6, 6.07) is 16.5. The molecule has 184 valence electrons. The number of allylic oxidation sites excluding steroid dienone is 1. The van der Waals surface area contributed by atoms with Crippen LogP contribution in [-0.4, -0.2) is 33.5 Å². The number of aliphatic imine (C=N–C) groups is 1. The van der Waals surface area contributed by atoms with Gasteiger partial charge in [0.25, 0.3) is 0 Å². The van der Waals surface area contributed by atoms with Gasteiger partial charge >= 0.3 is 5.76 Å². The monoisotopic (exact) mass is 472 g/mol. The third-order valence-electron chi connectivity index (χ3n) is 6.22. The predicted molar refractivity (Wildman–Crippen MR) is 142 cm³/mol. The quantitative estimate of drug-likeness (QED) is 0.408. The lowest BCUT2D eigenvalue weighted by molar-refractivity contribution is 0.206. The summed E-state index contributed by atoms with van der Waals surface area (Å²) >= 11 is 0. The van der Waals surface area contributed by atoms with Crippen molar-refractivity contribution >= 4 is 5.71 Å². The first-order chi connectivity index (χ1) is 16.7. The average Bonchev–Trinajstić information content (AvgIpc) is 3.26. The van der Waals surface area contributed by atoms with Crippen molar-refractivity contribution in [2.24, 2.45) is 10.4 Å². The summed E-state index contributed by atoms with van der Waals surface area (Å²) in [5.41, 5.74) is 6.91. The molecule has 2 aromatic carbocycles. The zero-order valence-electron chi connectivity index (χ0n) is 21.5. The molecule has 1 N–H and O–H groups in total. The Bertz CT molecular complexity index is 1260. The van der Waals surface area contributed by atoms with E-state index in [2.05, 4.69) is 80.1 Å². The van der Waals surface area contributed by atoms with E-state index < -0.39 is 5.76 Å². The van der Waals surface area contributed by atoms with Gasteiger partial charge < -0.3 is 4.90 Å². The normalized spacial score (nSPS) is 16.3. The van der Waals surface area contributed by atoms with Crippen LogP contribution in [0.4, 0.5) is 0 Å². The lowest BCUT2D eigenvalue weighted by Gasteiger charge is -2.36. The molecule has 0 saturated carbocycles. The van der Waals surface area contributed by atoms with E-state index in [-0.39, 0.29) is 11.6 Å². The number of aromatic amines is 1. The molecule has 1 unspecified atom stereocenters. The molecule has 0 radical (unpaired) electrons. The molecule has 0 aliphatic carbocycles. The van der Waals surface area contributed by atoms with Crippen LogP contribution in [0.2, 0.25) is 0 Å². The van der Waals surface area contributed by atoms with Crippen LogP contribution in [0.15, 0.2) is 74.6 Å². The van der Waals surface area contributed by atoms with Crippen molar-refractivity contribution in [2.45, 2.75) is 66.5 Å². The smallest absolute Gasteiger partial charge is 0.355 e. The number of benzene rings is 2. The minimum absolute atomic E-state index is 0.173. The summed E-state index contributed by atoms with van der Waals surface area (Å²) in [6.07, 6.45) is 6.72. The van der Waals surface area contributed by atoms with Crippen molar-refractivity contribution in [3.63, 3.8) is 0 Å². The molecule has 6 nitrogen and oxygen atoms in total. The number of H-pyrrole nitrogens is 1. The highest BCUT2D eigenvalue weighted by atomic mass is 16.5. The molecule has 0 fully saturated rings. The van der Waals surface area contributed by atoms with Crippen molar-refractivity contribution in [1.82, 2.24) is 15.0 Å². The maximum atomic E-state index is 11.5. The van der Waals surface area contributed by atoms with Gasteiger partial charge in [0.2, 0.25) is 0 Å². The van der Waals surface area contributed by atoms with Crippen molar-refractivity contribution in [2.75, 3.05) is 6.54 Å². The molecule has 1 aliphatic heterocycles. The highest BCUT2D eigenvalue weighted by Crippen LogP contribution is 2.31. The second-order valence-corrected chi connectivity index (χ2v) is 10.6. The van der Waals surface area contributed by atoms with Gasteiger partial charge in [-0.15, -0.1) is 0 Å². The highest BCUT2D eigenvalue weighted by molar-refractivity contribution is 6.01. The second kappa shape index (κ2) is 10.5. The van der Waals surface area contributed by atoms with Crippen LogP contribution in [0.1, 0.15) is 59.4 Å². The van der Waals surface area contributed by atoms with E-state index in [0.29, 0.717) is 5.82 Å². The lowest BCUT2D eigenvalue weighted by Crippen LogP contribution is -2.38. The lowest BCUT2D eigenvalue weighted by atomic mass is 9.93. The first kappa shape index (κ1) is 24.7. The molecule has 0 bridgehead atoms. The molecule has 0 spiro atoms. The topological polar surface area (TPSA) is 74.5 Å². The number of nitrogens with zero attached hydrogens (tertiary/aromatic N) is 3. The molecular weight excluding hydrogens is 436 g/mol. The molecule has 35 heavy (non-hydrogen) atoms. The van der Waals surface area contributed by atoms with Gasteiger partial charge in [0.1, 0.15) is 6.17 Å². The molecular formula is C29H36N4O2. The van der Waals surface area contributed by atoms with Gasteiger partial charge in [0, 0.05) is 30.4 Å². The number of hydrogen-bond acceptors (Lipinski definition) is 5. The van der Waals surface area contributed by atoms with Gasteiger partial charge in [-0.3, -0.25) is 14.5 Å². The Morgan fingerprint density at radius 3 is 2.40 bits per heavy atom. The number of hydrogen-bond donors (Lipinski definition) is 1. The molecule has 1 aliphatic rings. The first-order valence-corrected chi connectivity index (χ1v) is 12.5. The fourth-order valence-electron chi connectivity index (χ4n) is 4.52. The van der Waals surface area contributed by atoms with Gasteiger partial charge in [0.15, 0.2) is 5.82 Å². The van der Waals surface area contributed by atoms with Crippen LogP contribution < -0.4 is 5.76 Å². The summed E-state index contributed by atoms with van der Waals surface area (Å²) in [5, 5.41) is 3.87. The van der Waals surface area contributed by atoms with Crippen molar-refractivity contribution in [1.29, 1.82) is 0 Å². The van der Waals surface area contributed by atoms with E-state index in [4.69, 9.17) is 9.52 Å². The molecule has 0 amide bonds. The Morgan fingerprint density at radius 2 is 1.77 bits per heavy atom. The molecule has 2 heterocycles. The van der Waals surface area contributed by atoms with Crippen LogP contribution in [0.25, 0.3) is 22.5 Å². The van der Waals surface area contributed by atoms with Crippen LogP contribution in [0.3, 0.4) is 0 Å². The summed E-state index contributed by atoms with van der Waals surface area (Å²) in [5.74, 6) is -0.117. The molecule has 3 aromatic rings. The standard InChI is InChI=1S/C29H36N4O2/c1-6-7-12-26-23(18-33(20(2)30-26)19-29(3,4)5)17-21-13-15-22(16-14-21)24-10-8-9-11-25(24)27-31-28(34)35-32-27/h8-11,13-16,18,20H,6-7,12,17,19H2,1-5H3,(H,31,32,34). The number of aromatic nitrogens is 2. The molecule has 4 rings (SSSR count). The first-order valence-electron chi connectivity index (χ1n) is 12.5. The van der Waals surface area contributed by atoms with Gasteiger partial charge in [-0.2, -0.15) is 0 Å². The van der Waals surface area contributed by atoms with Crippen molar-refractivity contribution in [3.8, 4) is 22.5 Å². The highest BCUT2D eigenvalue weighted by Gasteiger charge is 2.24. The SMILES string of the molecule is CCCCC1=NC(C)N(CC(C)(C)C)C=C1Cc1ccc(-c2ccccc2-c2noc(=O)[nH]2)cc1. The largest absolute Gasteiger partial charge is 0.439 e. The van der Waals surface area contributed by atoms with E-state index in [0.717, 1.165) is 48.9 Å². The van der Waals surface area contributed by atoms with E-state index in [1.807, 2.05) is 24.3 Å². The molecule has 1 atom stereocenters. The molecule has 6 heteroatoms.